The smallest absolute Gasteiger partial charge is 0.181 e. The lowest BCUT2D eigenvalue weighted by atomic mass is 10.0. The number of hydrogen-bond acceptors (Lipinski definition) is 5. The molecule has 3 rings (SSSR count). The number of H-pyrrole nitrogens is 1. The minimum absolute atomic E-state index is 0.00439. The van der Waals surface area contributed by atoms with Crippen LogP contribution in [0.15, 0.2) is 41.9 Å². The largest absolute Gasteiger partial charge is 0.341 e. The molecule has 0 saturated carbocycles. The highest BCUT2D eigenvalue weighted by Crippen LogP contribution is 2.38. The summed E-state index contributed by atoms with van der Waals surface area (Å²) in [6.45, 7) is 4.11. The monoisotopic (exact) mass is 299 g/mol. The number of nitrogens with one attached hydrogen (secondary N) is 1. The number of benzene rings is 1. The van der Waals surface area contributed by atoms with Crippen molar-refractivity contribution in [3.8, 4) is 0 Å². The molecule has 1 aromatic carbocycles. The number of aryl methyl sites for hydroxylation is 1. The number of thioether (sulfide) groups is 1. The van der Waals surface area contributed by atoms with E-state index in [9.17, 15) is 0 Å². The second-order valence-corrected chi connectivity index (χ2v) is 6.22. The van der Waals surface area contributed by atoms with E-state index in [2.05, 4.69) is 51.1 Å². The fraction of sp³-hybridized carbons (Fsp3) is 0.267. The summed E-state index contributed by atoms with van der Waals surface area (Å²) in [6, 6.07) is 8.44. The molecule has 0 saturated heterocycles. The summed E-state index contributed by atoms with van der Waals surface area (Å²) < 4.78 is 0. The van der Waals surface area contributed by atoms with Crippen LogP contribution in [0.3, 0.4) is 0 Å². The SMILES string of the molecule is Cc1cccc(C(Sc2ncnc3nc[nH]c23)C(C)N)c1. The van der Waals surface area contributed by atoms with Crippen molar-refractivity contribution in [2.45, 2.75) is 30.2 Å². The Morgan fingerprint density at radius 3 is 2.86 bits per heavy atom. The Morgan fingerprint density at radius 1 is 1.24 bits per heavy atom. The van der Waals surface area contributed by atoms with Crippen LogP contribution >= 0.6 is 11.8 Å². The van der Waals surface area contributed by atoms with Crippen LogP contribution in [0.2, 0.25) is 0 Å². The van der Waals surface area contributed by atoms with Gasteiger partial charge < -0.3 is 10.7 Å². The van der Waals surface area contributed by atoms with Gasteiger partial charge in [0, 0.05) is 6.04 Å². The molecule has 0 aliphatic heterocycles. The lowest BCUT2D eigenvalue weighted by Crippen LogP contribution is -2.22. The molecule has 6 heteroatoms. The quantitative estimate of drug-likeness (QED) is 0.572. The summed E-state index contributed by atoms with van der Waals surface area (Å²) in [5.41, 5.74) is 10.2. The van der Waals surface area contributed by atoms with Crippen molar-refractivity contribution in [2.24, 2.45) is 5.73 Å². The molecule has 2 aromatic heterocycles. The number of nitrogens with zero attached hydrogens (tertiary/aromatic N) is 3. The molecule has 0 radical (unpaired) electrons. The van der Waals surface area contributed by atoms with Crippen LogP contribution in [-0.2, 0) is 0 Å². The minimum atomic E-state index is 0.00439. The van der Waals surface area contributed by atoms with Crippen LogP contribution in [-0.4, -0.2) is 26.0 Å². The maximum Gasteiger partial charge on any atom is 0.181 e. The molecule has 3 N–H and O–H groups in total. The first-order chi connectivity index (χ1) is 10.1. The summed E-state index contributed by atoms with van der Waals surface area (Å²) >= 11 is 1.65. The van der Waals surface area contributed by atoms with Gasteiger partial charge in [-0.3, -0.25) is 0 Å². The van der Waals surface area contributed by atoms with E-state index >= 15 is 0 Å². The van der Waals surface area contributed by atoms with Crippen LogP contribution in [0.5, 0.6) is 0 Å². The van der Waals surface area contributed by atoms with Crippen molar-refractivity contribution < 1.29 is 0 Å². The third kappa shape index (κ3) is 2.91. The van der Waals surface area contributed by atoms with Gasteiger partial charge in [-0.25, -0.2) is 15.0 Å². The molecule has 0 amide bonds. The number of imidazole rings is 1. The predicted molar refractivity (Wildman–Crippen MR) is 85.1 cm³/mol. The van der Waals surface area contributed by atoms with Gasteiger partial charge in [0.2, 0.25) is 0 Å². The molecule has 108 valence electrons. The third-order valence-corrected chi connectivity index (χ3v) is 4.76. The number of aromatic amines is 1. The van der Waals surface area contributed by atoms with Crippen molar-refractivity contribution in [1.29, 1.82) is 0 Å². The Kier molecular flexibility index (Phi) is 3.90. The van der Waals surface area contributed by atoms with Crippen molar-refractivity contribution >= 4 is 22.9 Å². The summed E-state index contributed by atoms with van der Waals surface area (Å²) in [6.07, 6.45) is 3.18. The molecule has 2 atom stereocenters. The van der Waals surface area contributed by atoms with E-state index in [0.29, 0.717) is 5.65 Å². The molecule has 0 aliphatic rings. The number of hydrogen-bond donors (Lipinski definition) is 2. The van der Waals surface area contributed by atoms with Crippen LogP contribution < -0.4 is 5.73 Å². The summed E-state index contributed by atoms with van der Waals surface area (Å²) in [7, 11) is 0. The average Bonchev–Trinajstić information content (AvgIpc) is 2.93. The van der Waals surface area contributed by atoms with Crippen LogP contribution in [0.1, 0.15) is 23.3 Å². The lowest BCUT2D eigenvalue weighted by Gasteiger charge is -2.20. The second-order valence-electron chi connectivity index (χ2n) is 5.09. The van der Waals surface area contributed by atoms with Gasteiger partial charge in [0.1, 0.15) is 16.9 Å². The summed E-state index contributed by atoms with van der Waals surface area (Å²) in [5, 5.41) is 1.01. The molecule has 0 bridgehead atoms. The maximum absolute atomic E-state index is 6.20. The zero-order valence-corrected chi connectivity index (χ0v) is 12.8. The molecular weight excluding hydrogens is 282 g/mol. The van der Waals surface area contributed by atoms with E-state index in [1.165, 1.54) is 11.1 Å². The first-order valence-corrected chi connectivity index (χ1v) is 7.66. The zero-order chi connectivity index (χ0) is 14.8. The molecule has 3 aromatic rings. The van der Waals surface area contributed by atoms with Gasteiger partial charge >= 0.3 is 0 Å². The summed E-state index contributed by atoms with van der Waals surface area (Å²) in [4.78, 5) is 15.8. The van der Waals surface area contributed by atoms with Crippen molar-refractivity contribution in [2.75, 3.05) is 0 Å². The Bertz CT molecular complexity index is 752. The normalized spacial score (nSPS) is 14.2. The molecule has 0 fully saturated rings. The second kappa shape index (κ2) is 5.83. The first-order valence-electron chi connectivity index (χ1n) is 6.78. The molecular formula is C15H17N5S. The molecule has 2 unspecified atom stereocenters. The topological polar surface area (TPSA) is 80.5 Å². The summed E-state index contributed by atoms with van der Waals surface area (Å²) in [5.74, 6) is 0. The van der Waals surface area contributed by atoms with Crippen LogP contribution in [0, 0.1) is 6.92 Å². The van der Waals surface area contributed by atoms with Crippen molar-refractivity contribution in [1.82, 2.24) is 19.9 Å². The Hall–Kier alpha value is -1.92. The van der Waals surface area contributed by atoms with Gasteiger partial charge in [-0.15, -0.1) is 0 Å². The highest BCUT2D eigenvalue weighted by atomic mass is 32.2. The van der Waals surface area contributed by atoms with Gasteiger partial charge in [0.15, 0.2) is 5.65 Å². The Balaban J connectivity index is 1.98. The molecule has 0 spiro atoms. The van der Waals surface area contributed by atoms with E-state index in [0.717, 1.165) is 10.5 Å². The van der Waals surface area contributed by atoms with E-state index in [4.69, 9.17) is 5.73 Å². The van der Waals surface area contributed by atoms with E-state index in [1.54, 1.807) is 24.4 Å². The van der Waals surface area contributed by atoms with Crippen molar-refractivity contribution in [3.05, 3.63) is 48.0 Å². The van der Waals surface area contributed by atoms with Gasteiger partial charge in [-0.05, 0) is 19.4 Å². The molecule has 0 aliphatic carbocycles. The minimum Gasteiger partial charge on any atom is -0.341 e. The van der Waals surface area contributed by atoms with Crippen LogP contribution in [0.4, 0.5) is 0 Å². The van der Waals surface area contributed by atoms with Gasteiger partial charge in [0.25, 0.3) is 0 Å². The zero-order valence-electron chi connectivity index (χ0n) is 11.9. The maximum atomic E-state index is 6.20. The predicted octanol–water partition coefficient (Wildman–Crippen LogP) is 2.84. The third-order valence-electron chi connectivity index (χ3n) is 3.28. The number of fused-ring (bicyclic) bond motifs is 1. The lowest BCUT2D eigenvalue weighted by molar-refractivity contribution is 0.720. The molecule has 2 heterocycles. The highest BCUT2D eigenvalue weighted by molar-refractivity contribution is 7.99. The Morgan fingerprint density at radius 2 is 2.10 bits per heavy atom. The standard InChI is InChI=1S/C15H17N5S/c1-9-4-3-5-11(6-9)13(10(2)16)21-15-12-14(18-7-17-12)19-8-20-15/h3-8,10,13H,16H2,1-2H3,(H,17,18,19,20). The fourth-order valence-corrected chi connectivity index (χ4v) is 3.39. The fourth-order valence-electron chi connectivity index (χ4n) is 2.28. The van der Waals surface area contributed by atoms with E-state index < -0.39 is 0 Å². The van der Waals surface area contributed by atoms with Crippen LogP contribution in [0.25, 0.3) is 11.2 Å². The molecule has 5 nitrogen and oxygen atoms in total. The van der Waals surface area contributed by atoms with E-state index in [1.807, 2.05) is 6.92 Å². The van der Waals surface area contributed by atoms with Gasteiger partial charge in [-0.2, -0.15) is 0 Å². The Labute approximate surface area is 127 Å². The van der Waals surface area contributed by atoms with Crippen molar-refractivity contribution in [3.63, 3.8) is 0 Å². The van der Waals surface area contributed by atoms with Gasteiger partial charge in [-0.1, -0.05) is 41.6 Å². The van der Waals surface area contributed by atoms with E-state index in [-0.39, 0.29) is 11.3 Å². The highest BCUT2D eigenvalue weighted by Gasteiger charge is 2.20. The number of aromatic nitrogens is 4. The first kappa shape index (κ1) is 14.0. The molecule has 21 heavy (non-hydrogen) atoms. The number of rotatable bonds is 4. The number of nitrogens with two attached hydrogens (primary N) is 1. The van der Waals surface area contributed by atoms with Gasteiger partial charge in [0.05, 0.1) is 11.6 Å². The average molecular weight is 299 g/mol.